The van der Waals surface area contributed by atoms with E-state index >= 15 is 0 Å². The lowest BCUT2D eigenvalue weighted by atomic mass is 10.2. The Labute approximate surface area is 108 Å². The number of halogens is 1. The van der Waals surface area contributed by atoms with Crippen LogP contribution < -0.4 is 11.1 Å². The summed E-state index contributed by atoms with van der Waals surface area (Å²) in [5.74, 6) is -0.172. The third-order valence-corrected chi connectivity index (χ3v) is 2.88. The van der Waals surface area contributed by atoms with E-state index in [9.17, 15) is 9.90 Å². The molecular weight excluding hydrogens is 319 g/mol. The molecule has 0 aromatic heterocycles. The predicted octanol–water partition coefficient (Wildman–Crippen LogP) is 0.729. The molecule has 0 aliphatic rings. The van der Waals surface area contributed by atoms with Gasteiger partial charge in [0.05, 0.1) is 6.10 Å². The molecule has 2 unspecified atom stereocenters. The molecule has 0 spiro atoms. The average Bonchev–Trinajstić information content (AvgIpc) is 2.25. The number of hydrogen-bond donors (Lipinski definition) is 3. The van der Waals surface area contributed by atoms with Crippen LogP contribution in [0.25, 0.3) is 0 Å². The van der Waals surface area contributed by atoms with Crippen LogP contribution in [-0.2, 0) is 0 Å². The van der Waals surface area contributed by atoms with Gasteiger partial charge in [0.2, 0.25) is 0 Å². The number of amides is 1. The fourth-order valence-corrected chi connectivity index (χ4v) is 1.66. The van der Waals surface area contributed by atoms with Gasteiger partial charge in [0.25, 0.3) is 5.91 Å². The van der Waals surface area contributed by atoms with E-state index in [1.54, 1.807) is 19.1 Å². The first kappa shape index (κ1) is 13.4. The predicted molar refractivity (Wildman–Crippen MR) is 71.1 cm³/mol. The van der Waals surface area contributed by atoms with Gasteiger partial charge in [0.1, 0.15) is 0 Å². The highest BCUT2D eigenvalue weighted by Crippen LogP contribution is 2.07. The maximum absolute atomic E-state index is 11.7. The summed E-state index contributed by atoms with van der Waals surface area (Å²) in [6.45, 7) is 1.87. The Bertz CT molecular complexity index is 369. The number of rotatable bonds is 4. The lowest BCUT2D eigenvalue weighted by molar-refractivity contribution is 0.0937. The summed E-state index contributed by atoms with van der Waals surface area (Å²) in [5.41, 5.74) is 6.21. The largest absolute Gasteiger partial charge is 0.392 e. The number of carbonyl (C=O) groups excluding carboxylic acids is 1. The Balaban J connectivity index is 2.53. The molecule has 1 aromatic carbocycles. The Hall–Kier alpha value is -0.660. The third-order valence-electron chi connectivity index (χ3n) is 2.20. The van der Waals surface area contributed by atoms with Gasteiger partial charge in [-0.25, -0.2) is 0 Å². The van der Waals surface area contributed by atoms with E-state index in [2.05, 4.69) is 27.9 Å². The van der Waals surface area contributed by atoms with Crippen LogP contribution >= 0.6 is 22.6 Å². The van der Waals surface area contributed by atoms with Crippen LogP contribution in [-0.4, -0.2) is 29.7 Å². The van der Waals surface area contributed by atoms with Crippen molar-refractivity contribution < 1.29 is 9.90 Å². The minimum Gasteiger partial charge on any atom is -0.392 e. The molecule has 0 bridgehead atoms. The quantitative estimate of drug-likeness (QED) is 0.711. The van der Waals surface area contributed by atoms with Crippen molar-refractivity contribution in [1.29, 1.82) is 0 Å². The number of nitrogens with one attached hydrogen (secondary N) is 1. The second-order valence-electron chi connectivity index (χ2n) is 3.62. The molecule has 1 rings (SSSR count). The zero-order valence-electron chi connectivity index (χ0n) is 8.98. The molecule has 0 aliphatic heterocycles. The minimum atomic E-state index is -0.629. The van der Waals surface area contributed by atoms with Gasteiger partial charge >= 0.3 is 0 Å². The van der Waals surface area contributed by atoms with Crippen molar-refractivity contribution in [2.24, 2.45) is 5.73 Å². The van der Waals surface area contributed by atoms with Crippen LogP contribution in [0.1, 0.15) is 17.3 Å². The minimum absolute atomic E-state index is 0.172. The van der Waals surface area contributed by atoms with Crippen molar-refractivity contribution in [1.82, 2.24) is 5.32 Å². The first-order chi connectivity index (χ1) is 7.50. The Morgan fingerprint density at radius 3 is 2.88 bits per heavy atom. The number of aliphatic hydroxyl groups excluding tert-OH is 1. The van der Waals surface area contributed by atoms with Gasteiger partial charge in [-0.3, -0.25) is 4.79 Å². The second kappa shape index (κ2) is 6.17. The molecule has 1 aromatic rings. The van der Waals surface area contributed by atoms with E-state index in [0.29, 0.717) is 5.56 Å². The van der Waals surface area contributed by atoms with Crippen molar-refractivity contribution >= 4 is 28.5 Å². The van der Waals surface area contributed by atoms with E-state index in [1.807, 2.05) is 12.1 Å². The molecule has 2 atom stereocenters. The molecule has 4 nitrogen and oxygen atoms in total. The summed E-state index contributed by atoms with van der Waals surface area (Å²) in [6.07, 6.45) is -0.629. The Morgan fingerprint density at radius 1 is 1.62 bits per heavy atom. The molecule has 88 valence electrons. The van der Waals surface area contributed by atoms with E-state index in [0.717, 1.165) is 3.57 Å². The highest BCUT2D eigenvalue weighted by molar-refractivity contribution is 14.1. The maximum Gasteiger partial charge on any atom is 0.251 e. The van der Waals surface area contributed by atoms with Crippen LogP contribution in [0.3, 0.4) is 0 Å². The molecule has 0 radical (unpaired) electrons. The highest BCUT2D eigenvalue weighted by Gasteiger charge is 2.11. The number of hydrogen-bond acceptors (Lipinski definition) is 3. The first-order valence-electron chi connectivity index (χ1n) is 4.98. The normalized spacial score (nSPS) is 14.2. The van der Waals surface area contributed by atoms with Crippen LogP contribution in [0.5, 0.6) is 0 Å². The average molecular weight is 334 g/mol. The second-order valence-corrected chi connectivity index (χ2v) is 4.87. The number of aliphatic hydroxyl groups is 1. The van der Waals surface area contributed by atoms with E-state index in [4.69, 9.17) is 5.73 Å². The standard InChI is InChI=1S/C11H15IN2O2/c1-7(15)10(13)6-14-11(16)8-3-2-4-9(12)5-8/h2-5,7,10,15H,6,13H2,1H3,(H,14,16). The summed E-state index contributed by atoms with van der Waals surface area (Å²) < 4.78 is 1.00. The molecule has 4 N–H and O–H groups in total. The van der Waals surface area contributed by atoms with E-state index in [1.165, 1.54) is 0 Å². The Morgan fingerprint density at radius 2 is 2.31 bits per heavy atom. The van der Waals surface area contributed by atoms with Crippen LogP contribution in [0.4, 0.5) is 0 Å². The summed E-state index contributed by atoms with van der Waals surface area (Å²) in [7, 11) is 0. The maximum atomic E-state index is 11.7. The van der Waals surface area contributed by atoms with Crippen LogP contribution in [0, 0.1) is 3.57 Å². The van der Waals surface area contributed by atoms with Gasteiger partial charge in [-0.15, -0.1) is 0 Å². The van der Waals surface area contributed by atoms with Gasteiger partial charge in [0, 0.05) is 21.7 Å². The van der Waals surface area contributed by atoms with Crippen molar-refractivity contribution in [3.63, 3.8) is 0 Å². The topological polar surface area (TPSA) is 75.3 Å². The van der Waals surface area contributed by atoms with Crippen molar-refractivity contribution in [3.05, 3.63) is 33.4 Å². The SMILES string of the molecule is CC(O)C(N)CNC(=O)c1cccc(I)c1. The first-order valence-corrected chi connectivity index (χ1v) is 6.06. The molecule has 0 fully saturated rings. The lowest BCUT2D eigenvalue weighted by Crippen LogP contribution is -2.43. The van der Waals surface area contributed by atoms with Gasteiger partial charge < -0.3 is 16.2 Å². The number of carbonyl (C=O) groups is 1. The third kappa shape index (κ3) is 4.07. The van der Waals surface area contributed by atoms with Crippen LogP contribution in [0.15, 0.2) is 24.3 Å². The van der Waals surface area contributed by atoms with Crippen molar-refractivity contribution in [3.8, 4) is 0 Å². The fraction of sp³-hybridized carbons (Fsp3) is 0.364. The molecule has 0 saturated carbocycles. The molecule has 1 amide bonds. The monoisotopic (exact) mass is 334 g/mol. The summed E-state index contributed by atoms with van der Waals surface area (Å²) in [5, 5.41) is 11.9. The van der Waals surface area contributed by atoms with Crippen LogP contribution in [0.2, 0.25) is 0 Å². The number of nitrogens with two attached hydrogens (primary N) is 1. The fourth-order valence-electron chi connectivity index (χ4n) is 1.11. The smallest absolute Gasteiger partial charge is 0.251 e. The molecule has 16 heavy (non-hydrogen) atoms. The summed E-state index contributed by atoms with van der Waals surface area (Å²) >= 11 is 2.15. The van der Waals surface area contributed by atoms with Crippen molar-refractivity contribution in [2.45, 2.75) is 19.1 Å². The number of benzene rings is 1. The zero-order valence-corrected chi connectivity index (χ0v) is 11.1. The van der Waals surface area contributed by atoms with Gasteiger partial charge in [-0.2, -0.15) is 0 Å². The molecule has 0 heterocycles. The lowest BCUT2D eigenvalue weighted by Gasteiger charge is -2.15. The Kier molecular flexibility index (Phi) is 5.17. The van der Waals surface area contributed by atoms with Gasteiger partial charge in [-0.1, -0.05) is 6.07 Å². The molecule has 0 saturated heterocycles. The van der Waals surface area contributed by atoms with E-state index < -0.39 is 12.1 Å². The summed E-state index contributed by atoms with van der Waals surface area (Å²) in [4.78, 5) is 11.7. The zero-order chi connectivity index (χ0) is 12.1. The molecule has 0 aliphatic carbocycles. The van der Waals surface area contributed by atoms with Gasteiger partial charge in [-0.05, 0) is 47.7 Å². The highest BCUT2D eigenvalue weighted by atomic mass is 127. The van der Waals surface area contributed by atoms with Crippen molar-refractivity contribution in [2.75, 3.05) is 6.54 Å². The van der Waals surface area contributed by atoms with Gasteiger partial charge in [0.15, 0.2) is 0 Å². The molecular formula is C11H15IN2O2. The van der Waals surface area contributed by atoms with E-state index in [-0.39, 0.29) is 12.5 Å². The molecule has 5 heteroatoms. The summed E-state index contributed by atoms with van der Waals surface area (Å²) in [6, 6.07) is 6.84.